The van der Waals surface area contributed by atoms with Crippen LogP contribution in [0, 0.1) is 0 Å². The van der Waals surface area contributed by atoms with Gasteiger partial charge in [-0.1, -0.05) is 0 Å². The molecule has 0 N–H and O–H groups in total. The van der Waals surface area contributed by atoms with Crippen LogP contribution in [0.1, 0.15) is 0 Å². The normalized spacial score (nSPS) is 1.25. The van der Waals surface area contributed by atoms with E-state index in [1.807, 2.05) is 0 Å². The van der Waals surface area contributed by atoms with Gasteiger partial charge < -0.3 is 0 Å². The van der Waals surface area contributed by atoms with Gasteiger partial charge in [0.1, 0.15) is 0 Å². The van der Waals surface area contributed by atoms with Gasteiger partial charge in [0.25, 0.3) is 0 Å². The van der Waals surface area contributed by atoms with Gasteiger partial charge >= 0.3 is 71.3 Å². The Bertz CT molecular complexity index is 6.00. The summed E-state index contributed by atoms with van der Waals surface area (Å²) in [4.78, 5) is 0. The Morgan fingerprint density at radius 1 is 1.25 bits per heavy atom. The molecule has 1 unspecified atom stereocenters. The van der Waals surface area contributed by atoms with E-state index in [1.54, 1.807) is 0 Å². The molecule has 0 saturated carbocycles. The molecule has 0 fully saturated rings. The van der Waals surface area contributed by atoms with Crippen molar-refractivity contribution in [1.82, 2.24) is 0 Å². The second-order valence-corrected chi connectivity index (χ2v) is 0. The standard InChI is InChI=1S/2Ga.In.H2P.8H/h;;;1H2;;;;;;;;/q;+1;;-1;;;;;;;;. The Morgan fingerprint density at radius 2 is 1.25 bits per heavy atom. The third-order valence-corrected chi connectivity index (χ3v) is 0. The molecule has 0 heterocycles. The molecule has 0 aliphatic heterocycles. The molecule has 0 aliphatic carbocycles. The van der Waals surface area contributed by atoms with Gasteiger partial charge in [0.15, 0.2) is 0 Å². The Kier molecular flexibility index (Phi) is 70.4. The maximum absolute atomic E-state index is 2.60. The van der Waals surface area contributed by atoms with E-state index >= 15 is 0 Å². The summed E-state index contributed by atoms with van der Waals surface area (Å²) in [5.41, 5.74) is 0. The zero-order valence-corrected chi connectivity index (χ0v) is 6.93. The van der Waals surface area contributed by atoms with Gasteiger partial charge in [-0.2, -0.15) is 0 Å². The van der Waals surface area contributed by atoms with Gasteiger partial charge in [0.05, 0.1) is 0 Å². The molecule has 0 aromatic rings. The van der Waals surface area contributed by atoms with Gasteiger partial charge in [-0.3, -0.25) is 0 Å². The predicted octanol–water partition coefficient (Wildman–Crippen LogP) is -2.96. The van der Waals surface area contributed by atoms with E-state index in [0.717, 1.165) is 18.1 Å². The van der Waals surface area contributed by atoms with Crippen molar-refractivity contribution in [1.29, 1.82) is 0 Å². The van der Waals surface area contributed by atoms with E-state index in [1.165, 1.54) is 0 Å². The number of rotatable bonds is 0. The van der Waals surface area contributed by atoms with Crippen molar-refractivity contribution < 1.29 is 0 Å². The first-order valence-electron chi connectivity index (χ1n) is 0.577. The summed E-state index contributed by atoms with van der Waals surface area (Å²) in [5, 5.41) is 0. The number of hydrogen-bond acceptors (Lipinski definition) is 0. The Morgan fingerprint density at radius 3 is 1.25 bits per heavy atom. The molecule has 0 aromatic carbocycles. The van der Waals surface area contributed by atoms with E-state index < -0.39 is 0 Å². The second kappa shape index (κ2) is 17.6. The van der Waals surface area contributed by atoms with Gasteiger partial charge in [0.2, 0.25) is 0 Å². The summed E-state index contributed by atoms with van der Waals surface area (Å²) in [5.74, 6) is 0. The second-order valence-electron chi connectivity index (χ2n) is 0. The monoisotopic (exact) mass is 294 g/mol. The first kappa shape index (κ1) is 16.0. The molecule has 0 bridgehead atoms. The average molecular weight is 295 g/mol. The first-order valence-corrected chi connectivity index (χ1v) is 9.00. The number of hydrogen-bond donors (Lipinski definition) is 0. The summed E-state index contributed by atoms with van der Waals surface area (Å²) < 4.78 is 0. The molecule has 0 aliphatic rings. The average Bonchev–Trinajstić information content (AvgIpc) is 1.00. The molecule has 0 aromatic heterocycles. The van der Waals surface area contributed by atoms with Crippen LogP contribution in [0.3, 0.4) is 0 Å². The summed E-state index contributed by atoms with van der Waals surface area (Å²) in [6.07, 6.45) is 0. The zero-order chi connectivity index (χ0) is 2.00. The molecule has 24 valence electrons. The van der Waals surface area contributed by atoms with Crippen LogP contribution in [-0.4, -0.2) is 63.7 Å². The Hall–Kier alpha value is 2.57. The van der Waals surface area contributed by atoms with Crippen molar-refractivity contribution in [2.24, 2.45) is 0 Å². The molecule has 0 saturated heterocycles. The minimum atomic E-state index is 0. The van der Waals surface area contributed by atoms with Crippen LogP contribution in [0.25, 0.3) is 0 Å². The quantitative estimate of drug-likeness (QED) is 0.331. The van der Waals surface area contributed by atoms with E-state index in [9.17, 15) is 0 Å². The fourth-order valence-corrected chi connectivity index (χ4v) is 0. The molecular weight excluding hydrogens is 285 g/mol. The molecule has 0 nitrogen and oxygen atoms in total. The van der Waals surface area contributed by atoms with Crippen molar-refractivity contribution in [3.63, 3.8) is 0 Å². The minimum absolute atomic E-state index is 0. The summed E-state index contributed by atoms with van der Waals surface area (Å²) in [6, 6.07) is 0. The SMILES string of the molecule is [GaH3].[InH3].[PH2][GaH2]. The zero-order valence-electron chi connectivity index (χ0n) is 1.58. The fourth-order valence-electron chi connectivity index (χ4n) is 0. The van der Waals surface area contributed by atoms with Crippen LogP contribution in [0.2, 0.25) is 0 Å². The van der Waals surface area contributed by atoms with E-state index in [-0.39, 0.29) is 45.6 Å². The Labute approximate surface area is 70.3 Å². The summed E-state index contributed by atoms with van der Waals surface area (Å²) in [6.45, 7) is 0. The molecule has 4 heavy (non-hydrogen) atoms. The predicted molar refractivity (Wildman–Crippen MR) is 38.1 cm³/mol. The van der Waals surface area contributed by atoms with Crippen LogP contribution in [0.5, 0.6) is 0 Å². The van der Waals surface area contributed by atoms with E-state index in [4.69, 9.17) is 0 Å². The molecular formula is H10Ga2InP. The molecule has 4 heteroatoms. The third kappa shape index (κ3) is 8.82. The summed E-state index contributed by atoms with van der Waals surface area (Å²) >= 11 is 0.979. The fraction of sp³-hybridized carbons (Fsp3) is 0. The Balaban J connectivity index is -0.00000000500. The van der Waals surface area contributed by atoms with Crippen molar-refractivity contribution >= 4 is 71.3 Å². The molecule has 0 spiro atoms. The van der Waals surface area contributed by atoms with Crippen LogP contribution in [-0.2, 0) is 0 Å². The van der Waals surface area contributed by atoms with Crippen molar-refractivity contribution in [3.05, 3.63) is 0 Å². The third-order valence-electron chi connectivity index (χ3n) is 0. The maximum atomic E-state index is 2.60. The van der Waals surface area contributed by atoms with Gasteiger partial charge in [-0.25, -0.2) is 0 Å². The molecule has 0 amide bonds. The molecule has 0 rings (SSSR count). The van der Waals surface area contributed by atoms with Gasteiger partial charge in [-0.05, 0) is 0 Å². The van der Waals surface area contributed by atoms with Crippen LogP contribution < -0.4 is 0 Å². The molecule has 1 atom stereocenters. The van der Waals surface area contributed by atoms with Crippen LogP contribution in [0.4, 0.5) is 0 Å². The first-order chi connectivity index (χ1) is 1.00. The van der Waals surface area contributed by atoms with E-state index in [2.05, 4.69) is 7.52 Å². The van der Waals surface area contributed by atoms with Crippen LogP contribution in [0.15, 0.2) is 0 Å². The molecule has 0 radical (unpaired) electrons. The summed E-state index contributed by atoms with van der Waals surface area (Å²) in [7, 11) is 2.60. The van der Waals surface area contributed by atoms with E-state index in [0.29, 0.717) is 0 Å². The van der Waals surface area contributed by atoms with Crippen molar-refractivity contribution in [2.45, 2.75) is 0 Å². The van der Waals surface area contributed by atoms with Gasteiger partial charge in [-0.15, -0.1) is 0 Å². The van der Waals surface area contributed by atoms with Crippen molar-refractivity contribution in [2.75, 3.05) is 0 Å². The van der Waals surface area contributed by atoms with Gasteiger partial charge in [0, 0.05) is 0 Å². The van der Waals surface area contributed by atoms with Crippen molar-refractivity contribution in [3.8, 4) is 0 Å². The topological polar surface area (TPSA) is 0 Å². The van der Waals surface area contributed by atoms with Crippen LogP contribution >= 0.6 is 7.52 Å².